The van der Waals surface area contributed by atoms with E-state index in [-0.39, 0.29) is 5.54 Å². The van der Waals surface area contributed by atoms with Gasteiger partial charge in [-0.2, -0.15) is 5.26 Å². The van der Waals surface area contributed by atoms with Crippen LogP contribution >= 0.6 is 0 Å². The molecule has 0 radical (unpaired) electrons. The molecule has 1 atom stereocenters. The molecule has 116 valence electrons. The molecule has 3 nitrogen and oxygen atoms in total. The molecule has 1 aromatic carbocycles. The summed E-state index contributed by atoms with van der Waals surface area (Å²) < 4.78 is 0. The number of aryl methyl sites for hydroxylation is 1. The van der Waals surface area contributed by atoms with E-state index in [0.717, 1.165) is 38.8 Å². The van der Waals surface area contributed by atoms with Crippen LogP contribution in [0.3, 0.4) is 0 Å². The van der Waals surface area contributed by atoms with Crippen molar-refractivity contribution in [1.82, 2.24) is 5.32 Å². The third kappa shape index (κ3) is 5.77. The zero-order chi connectivity index (χ0) is 15.7. The fourth-order valence-electron chi connectivity index (χ4n) is 2.52. The summed E-state index contributed by atoms with van der Waals surface area (Å²) in [6.07, 6.45) is 4.14. The summed E-state index contributed by atoms with van der Waals surface area (Å²) in [6, 6.07) is 10.9. The van der Waals surface area contributed by atoms with Crippen molar-refractivity contribution < 1.29 is 0 Å². The van der Waals surface area contributed by atoms with E-state index >= 15 is 0 Å². The Morgan fingerprint density at radius 3 is 2.62 bits per heavy atom. The second kappa shape index (κ2) is 8.69. The molecule has 1 aromatic rings. The molecule has 0 aliphatic carbocycles. The first-order chi connectivity index (χ1) is 10.0. The van der Waals surface area contributed by atoms with Crippen LogP contribution in [0.2, 0.25) is 0 Å². The fraction of sp³-hybridized carbons (Fsp3) is 0.611. The predicted octanol–water partition coefficient (Wildman–Crippen LogP) is 3.88. The van der Waals surface area contributed by atoms with E-state index in [1.54, 1.807) is 0 Å². The van der Waals surface area contributed by atoms with Gasteiger partial charge in [0.25, 0.3) is 0 Å². The second-order valence-electron chi connectivity index (χ2n) is 6.04. The van der Waals surface area contributed by atoms with Crippen LogP contribution in [0.25, 0.3) is 0 Å². The van der Waals surface area contributed by atoms with Gasteiger partial charge in [0, 0.05) is 19.3 Å². The van der Waals surface area contributed by atoms with Crippen LogP contribution in [0.4, 0.5) is 5.69 Å². The number of benzene rings is 1. The molecule has 0 amide bonds. The van der Waals surface area contributed by atoms with Gasteiger partial charge >= 0.3 is 0 Å². The van der Waals surface area contributed by atoms with Gasteiger partial charge in [0.1, 0.15) is 5.54 Å². The molecule has 1 rings (SSSR count). The highest BCUT2D eigenvalue weighted by molar-refractivity contribution is 5.52. The van der Waals surface area contributed by atoms with Gasteiger partial charge in [-0.25, -0.2) is 0 Å². The lowest BCUT2D eigenvalue weighted by Gasteiger charge is -2.25. The number of hydrogen-bond acceptors (Lipinski definition) is 3. The van der Waals surface area contributed by atoms with Crippen molar-refractivity contribution in [3.8, 4) is 6.07 Å². The van der Waals surface area contributed by atoms with Crippen molar-refractivity contribution >= 4 is 5.69 Å². The number of nitrogens with one attached hydrogen (secondary N) is 1. The van der Waals surface area contributed by atoms with E-state index < -0.39 is 0 Å². The molecule has 0 aliphatic rings. The number of para-hydroxylation sites is 1. The van der Waals surface area contributed by atoms with Crippen LogP contribution in [-0.4, -0.2) is 25.7 Å². The van der Waals surface area contributed by atoms with E-state index in [1.165, 1.54) is 11.3 Å². The molecule has 0 aliphatic heterocycles. The minimum Gasteiger partial charge on any atom is -0.374 e. The smallest absolute Gasteiger partial charge is 0.103 e. The minimum atomic E-state index is -0.378. The number of hydrogen-bond donors (Lipinski definition) is 1. The fourth-order valence-corrected chi connectivity index (χ4v) is 2.52. The number of nitriles is 1. The monoisotopic (exact) mass is 287 g/mol. The SMILES string of the molecule is CCCNC(C)(C#N)CCCCN(C)c1ccccc1C. The van der Waals surface area contributed by atoms with Crippen molar-refractivity contribution in [2.45, 2.75) is 52.0 Å². The molecule has 0 spiro atoms. The van der Waals surface area contributed by atoms with E-state index in [1.807, 2.05) is 6.92 Å². The first-order valence-electron chi connectivity index (χ1n) is 7.95. The Kier molecular flexibility index (Phi) is 7.25. The largest absolute Gasteiger partial charge is 0.374 e. The van der Waals surface area contributed by atoms with Gasteiger partial charge in [-0.3, -0.25) is 5.32 Å². The maximum absolute atomic E-state index is 9.31. The summed E-state index contributed by atoms with van der Waals surface area (Å²) in [5.41, 5.74) is 2.23. The zero-order valence-electron chi connectivity index (χ0n) is 13.9. The first kappa shape index (κ1) is 17.5. The van der Waals surface area contributed by atoms with Crippen molar-refractivity contribution in [2.24, 2.45) is 0 Å². The van der Waals surface area contributed by atoms with Gasteiger partial charge in [0.2, 0.25) is 0 Å². The van der Waals surface area contributed by atoms with Gasteiger partial charge in [-0.15, -0.1) is 0 Å². The molecule has 0 aromatic heterocycles. The number of nitrogens with zero attached hydrogens (tertiary/aromatic N) is 2. The Bertz CT molecular complexity index is 464. The van der Waals surface area contributed by atoms with E-state index in [9.17, 15) is 5.26 Å². The molecule has 0 saturated heterocycles. The number of unbranched alkanes of at least 4 members (excludes halogenated alkanes) is 1. The molecular formula is C18H29N3. The molecule has 1 N–H and O–H groups in total. The lowest BCUT2D eigenvalue weighted by molar-refractivity contribution is 0.403. The minimum absolute atomic E-state index is 0.378. The summed E-state index contributed by atoms with van der Waals surface area (Å²) in [6.45, 7) is 8.22. The number of rotatable bonds is 9. The highest BCUT2D eigenvalue weighted by Crippen LogP contribution is 2.19. The molecule has 0 bridgehead atoms. The summed E-state index contributed by atoms with van der Waals surface area (Å²) in [4.78, 5) is 2.30. The normalized spacial score (nSPS) is 13.5. The number of anilines is 1. The van der Waals surface area contributed by atoms with Crippen LogP contribution in [0.15, 0.2) is 24.3 Å². The van der Waals surface area contributed by atoms with Gasteiger partial charge in [-0.1, -0.05) is 25.1 Å². The highest BCUT2D eigenvalue weighted by atomic mass is 15.1. The first-order valence-corrected chi connectivity index (χ1v) is 7.95. The lowest BCUT2D eigenvalue weighted by Crippen LogP contribution is -2.41. The van der Waals surface area contributed by atoms with E-state index in [4.69, 9.17) is 0 Å². The van der Waals surface area contributed by atoms with E-state index in [0.29, 0.717) is 0 Å². The standard InChI is InChI=1S/C18H29N3/c1-5-13-20-18(3,15-19)12-8-9-14-21(4)17-11-7-6-10-16(17)2/h6-7,10-11,20H,5,8-9,12-14H2,1-4H3. The highest BCUT2D eigenvalue weighted by Gasteiger charge is 2.21. The quantitative estimate of drug-likeness (QED) is 0.700. The van der Waals surface area contributed by atoms with Crippen LogP contribution in [0.1, 0.15) is 45.1 Å². The van der Waals surface area contributed by atoms with Gasteiger partial charge in [-0.05, 0) is 57.7 Å². The van der Waals surface area contributed by atoms with Gasteiger partial charge < -0.3 is 4.90 Å². The van der Waals surface area contributed by atoms with Crippen molar-refractivity contribution in [3.63, 3.8) is 0 Å². The zero-order valence-corrected chi connectivity index (χ0v) is 13.9. The maximum atomic E-state index is 9.31. The maximum Gasteiger partial charge on any atom is 0.103 e. The third-order valence-corrected chi connectivity index (χ3v) is 3.96. The van der Waals surface area contributed by atoms with Crippen molar-refractivity contribution in [1.29, 1.82) is 5.26 Å². The van der Waals surface area contributed by atoms with Crippen LogP contribution in [0, 0.1) is 18.3 Å². The van der Waals surface area contributed by atoms with Crippen LogP contribution < -0.4 is 10.2 Å². The summed E-state index contributed by atoms with van der Waals surface area (Å²) in [5, 5.41) is 12.7. The summed E-state index contributed by atoms with van der Waals surface area (Å²) in [7, 11) is 2.14. The Morgan fingerprint density at radius 2 is 2.00 bits per heavy atom. The van der Waals surface area contributed by atoms with Crippen LogP contribution in [-0.2, 0) is 0 Å². The Labute approximate surface area is 130 Å². The topological polar surface area (TPSA) is 39.1 Å². The molecule has 0 saturated carbocycles. The second-order valence-corrected chi connectivity index (χ2v) is 6.04. The molecular weight excluding hydrogens is 258 g/mol. The van der Waals surface area contributed by atoms with Crippen molar-refractivity contribution in [3.05, 3.63) is 29.8 Å². The van der Waals surface area contributed by atoms with Crippen molar-refractivity contribution in [2.75, 3.05) is 25.0 Å². The molecule has 21 heavy (non-hydrogen) atoms. The average molecular weight is 287 g/mol. The average Bonchev–Trinajstić information content (AvgIpc) is 2.50. The Morgan fingerprint density at radius 1 is 1.29 bits per heavy atom. The molecule has 0 fully saturated rings. The molecule has 3 heteroatoms. The van der Waals surface area contributed by atoms with E-state index in [2.05, 4.69) is 61.4 Å². The Hall–Kier alpha value is -1.53. The van der Waals surface area contributed by atoms with Crippen LogP contribution in [0.5, 0.6) is 0 Å². The van der Waals surface area contributed by atoms with Gasteiger partial charge in [0.15, 0.2) is 0 Å². The summed E-state index contributed by atoms with van der Waals surface area (Å²) in [5.74, 6) is 0. The lowest BCUT2D eigenvalue weighted by atomic mass is 9.96. The molecule has 1 unspecified atom stereocenters. The summed E-state index contributed by atoms with van der Waals surface area (Å²) >= 11 is 0. The molecule has 0 heterocycles. The Balaban J connectivity index is 2.37. The predicted molar refractivity (Wildman–Crippen MR) is 90.6 cm³/mol. The third-order valence-electron chi connectivity index (χ3n) is 3.96. The van der Waals surface area contributed by atoms with Gasteiger partial charge in [0.05, 0.1) is 6.07 Å².